The minimum atomic E-state index is 0.942. The number of benzene rings is 6. The van der Waals surface area contributed by atoms with Crippen LogP contribution in [0, 0.1) is 0 Å². The van der Waals surface area contributed by atoms with Gasteiger partial charge in [-0.3, -0.25) is 8.97 Å². The highest BCUT2D eigenvalue weighted by Crippen LogP contribution is 2.48. The van der Waals surface area contributed by atoms with E-state index in [-0.39, 0.29) is 0 Å². The number of imidazole rings is 2. The van der Waals surface area contributed by atoms with Crippen LogP contribution in [0.1, 0.15) is 12.5 Å². The molecule has 0 N–H and O–H groups in total. The van der Waals surface area contributed by atoms with Gasteiger partial charge < -0.3 is 0 Å². The molecule has 0 spiro atoms. The molecule has 0 amide bonds. The highest BCUT2D eigenvalue weighted by atomic mass is 15.2. The average Bonchev–Trinajstić information content (AvgIpc) is 3.59. The molecule has 8 aromatic rings. The van der Waals surface area contributed by atoms with Gasteiger partial charge in [-0.1, -0.05) is 110 Å². The Morgan fingerprint density at radius 2 is 0.976 bits per heavy atom. The third kappa shape index (κ3) is 3.13. The number of nitrogens with zero attached hydrogens (tertiary/aromatic N) is 3. The maximum atomic E-state index is 5.28. The van der Waals surface area contributed by atoms with Crippen LogP contribution in [0.25, 0.3) is 78.0 Å². The summed E-state index contributed by atoms with van der Waals surface area (Å²) in [7, 11) is 0. The Kier molecular flexibility index (Phi) is 4.88. The van der Waals surface area contributed by atoms with Crippen molar-refractivity contribution in [3.05, 3.63) is 139 Å². The predicted molar refractivity (Wildman–Crippen MR) is 174 cm³/mol. The number of para-hydroxylation sites is 3. The maximum absolute atomic E-state index is 5.28. The first kappa shape index (κ1) is 23.3. The molecule has 0 bridgehead atoms. The van der Waals surface area contributed by atoms with E-state index < -0.39 is 0 Å². The summed E-state index contributed by atoms with van der Waals surface area (Å²) in [5, 5.41) is 0. The molecule has 0 aliphatic heterocycles. The van der Waals surface area contributed by atoms with E-state index in [0.717, 1.165) is 40.0 Å². The summed E-state index contributed by atoms with van der Waals surface area (Å²) < 4.78 is 4.65. The van der Waals surface area contributed by atoms with Crippen molar-refractivity contribution in [2.75, 3.05) is 0 Å². The Morgan fingerprint density at radius 1 is 0.476 bits per heavy atom. The van der Waals surface area contributed by atoms with E-state index in [1.165, 1.54) is 50.1 Å². The topological polar surface area (TPSA) is 22.2 Å². The van der Waals surface area contributed by atoms with Crippen molar-refractivity contribution in [3.63, 3.8) is 0 Å². The van der Waals surface area contributed by atoms with E-state index in [9.17, 15) is 0 Å². The summed E-state index contributed by atoms with van der Waals surface area (Å²) in [6, 6.07) is 48.5. The number of fused-ring (bicyclic) bond motifs is 13. The standard InChI is InChI=1S/C39H27N3/c1-2-25-12-11-21-37-38(25)40-39-41(35-19-9-10-20-36(35)42(37)39)26-22-23-33-31-17-6-5-15-29(31)27-13-3-4-14-28(27)30-16-7-8-18-32(30)34(33)24-26/h3-24H,2H2,1H3. The molecule has 0 saturated heterocycles. The molecule has 3 heteroatoms. The van der Waals surface area contributed by atoms with Gasteiger partial charge in [0.25, 0.3) is 0 Å². The Labute approximate surface area is 244 Å². The normalized spacial score (nSPS) is 12.0. The summed E-state index contributed by atoms with van der Waals surface area (Å²) in [6.45, 7) is 2.20. The summed E-state index contributed by atoms with van der Waals surface area (Å²) >= 11 is 0. The fourth-order valence-corrected chi connectivity index (χ4v) is 7.01. The Bertz CT molecular complexity index is 2340. The van der Waals surface area contributed by atoms with E-state index in [1.807, 2.05) is 0 Å². The minimum Gasteiger partial charge on any atom is -0.278 e. The summed E-state index contributed by atoms with van der Waals surface area (Å²) in [6.07, 6.45) is 0.950. The number of aryl methyl sites for hydroxylation is 1. The lowest BCUT2D eigenvalue weighted by atomic mass is 9.81. The highest BCUT2D eigenvalue weighted by Gasteiger charge is 2.23. The summed E-state index contributed by atoms with van der Waals surface area (Å²) in [5.41, 5.74) is 16.9. The van der Waals surface area contributed by atoms with Crippen molar-refractivity contribution in [3.8, 4) is 50.2 Å². The van der Waals surface area contributed by atoms with Crippen LogP contribution in [0.5, 0.6) is 0 Å². The molecule has 42 heavy (non-hydrogen) atoms. The smallest absolute Gasteiger partial charge is 0.220 e. The van der Waals surface area contributed by atoms with Crippen LogP contribution >= 0.6 is 0 Å². The van der Waals surface area contributed by atoms with Crippen LogP contribution in [-0.2, 0) is 6.42 Å². The molecular formula is C39H27N3. The van der Waals surface area contributed by atoms with Crippen molar-refractivity contribution in [2.45, 2.75) is 13.3 Å². The van der Waals surface area contributed by atoms with E-state index in [1.54, 1.807) is 0 Å². The number of hydrogen-bond acceptors (Lipinski definition) is 1. The molecule has 1 aliphatic rings. The van der Waals surface area contributed by atoms with Crippen LogP contribution in [-0.4, -0.2) is 14.0 Å². The predicted octanol–water partition coefficient (Wildman–Crippen LogP) is 9.98. The molecule has 0 radical (unpaired) electrons. The molecular weight excluding hydrogens is 510 g/mol. The van der Waals surface area contributed by atoms with E-state index >= 15 is 0 Å². The maximum Gasteiger partial charge on any atom is 0.220 e. The Balaban J connectivity index is 1.40. The first-order valence-electron chi connectivity index (χ1n) is 14.6. The minimum absolute atomic E-state index is 0.942. The average molecular weight is 538 g/mol. The van der Waals surface area contributed by atoms with Gasteiger partial charge in [0.15, 0.2) is 0 Å². The van der Waals surface area contributed by atoms with Gasteiger partial charge in [-0.05, 0) is 86.8 Å². The summed E-state index contributed by atoms with van der Waals surface area (Å²) in [4.78, 5) is 5.28. The molecule has 198 valence electrons. The molecule has 0 atom stereocenters. The van der Waals surface area contributed by atoms with Gasteiger partial charge in [0, 0.05) is 5.69 Å². The first-order valence-corrected chi connectivity index (χ1v) is 14.6. The van der Waals surface area contributed by atoms with Gasteiger partial charge in [-0.15, -0.1) is 0 Å². The quantitative estimate of drug-likeness (QED) is 0.215. The third-order valence-electron chi connectivity index (χ3n) is 8.90. The largest absolute Gasteiger partial charge is 0.278 e. The van der Waals surface area contributed by atoms with Crippen LogP contribution in [0.15, 0.2) is 133 Å². The van der Waals surface area contributed by atoms with Crippen molar-refractivity contribution in [2.24, 2.45) is 0 Å². The van der Waals surface area contributed by atoms with Gasteiger partial charge in [-0.2, -0.15) is 0 Å². The Morgan fingerprint density at radius 3 is 1.57 bits per heavy atom. The molecule has 2 heterocycles. The molecule has 3 nitrogen and oxygen atoms in total. The number of hydrogen-bond donors (Lipinski definition) is 0. The fraction of sp³-hybridized carbons (Fsp3) is 0.0513. The van der Waals surface area contributed by atoms with Crippen molar-refractivity contribution in [1.29, 1.82) is 0 Å². The van der Waals surface area contributed by atoms with Crippen LogP contribution < -0.4 is 0 Å². The molecule has 1 aliphatic carbocycles. The van der Waals surface area contributed by atoms with Gasteiger partial charge in [0.1, 0.15) is 0 Å². The number of rotatable bonds is 2. The SMILES string of the molecule is CCc1cccc2c1nc1n(-c3ccc4c(c3)-c3ccccc3-c3ccccc3-c3ccccc3-4)c3ccccc3n21. The van der Waals surface area contributed by atoms with Gasteiger partial charge in [0.2, 0.25) is 5.78 Å². The van der Waals surface area contributed by atoms with Crippen molar-refractivity contribution in [1.82, 2.24) is 14.0 Å². The lowest BCUT2D eigenvalue weighted by molar-refractivity contribution is 1.11. The van der Waals surface area contributed by atoms with Gasteiger partial charge >= 0.3 is 0 Å². The van der Waals surface area contributed by atoms with E-state index in [4.69, 9.17) is 4.98 Å². The molecule has 0 fully saturated rings. The molecule has 0 unspecified atom stereocenters. The second-order valence-corrected chi connectivity index (χ2v) is 11.1. The summed E-state index contributed by atoms with van der Waals surface area (Å²) in [5.74, 6) is 0.942. The van der Waals surface area contributed by atoms with E-state index in [2.05, 4.69) is 149 Å². The Hall–Kier alpha value is -5.41. The monoisotopic (exact) mass is 537 g/mol. The highest BCUT2D eigenvalue weighted by molar-refractivity contribution is 6.03. The second kappa shape index (κ2) is 8.79. The van der Waals surface area contributed by atoms with Crippen LogP contribution in [0.2, 0.25) is 0 Å². The number of aromatic nitrogens is 3. The fourth-order valence-electron chi connectivity index (χ4n) is 7.01. The molecule has 9 rings (SSSR count). The second-order valence-electron chi connectivity index (χ2n) is 11.1. The zero-order chi connectivity index (χ0) is 27.8. The van der Waals surface area contributed by atoms with Crippen molar-refractivity contribution < 1.29 is 0 Å². The molecule has 2 aromatic heterocycles. The molecule has 0 saturated carbocycles. The zero-order valence-corrected chi connectivity index (χ0v) is 23.3. The van der Waals surface area contributed by atoms with Crippen LogP contribution in [0.3, 0.4) is 0 Å². The lowest BCUT2D eigenvalue weighted by Gasteiger charge is -2.23. The van der Waals surface area contributed by atoms with Gasteiger partial charge in [-0.25, -0.2) is 4.98 Å². The van der Waals surface area contributed by atoms with Gasteiger partial charge in [0.05, 0.1) is 22.1 Å². The molecule has 6 aromatic carbocycles. The third-order valence-corrected chi connectivity index (χ3v) is 8.90. The lowest BCUT2D eigenvalue weighted by Crippen LogP contribution is -2.00. The van der Waals surface area contributed by atoms with Crippen LogP contribution in [0.4, 0.5) is 0 Å². The first-order chi connectivity index (χ1) is 20.8. The zero-order valence-electron chi connectivity index (χ0n) is 23.3. The van der Waals surface area contributed by atoms with Crippen molar-refractivity contribution >= 4 is 27.8 Å². The van der Waals surface area contributed by atoms with E-state index in [0.29, 0.717) is 0 Å².